The molecule has 0 saturated carbocycles. The molecule has 0 aromatic heterocycles. The molecular formula is C40H53N3O13. The van der Waals surface area contributed by atoms with E-state index in [1.165, 1.54) is 53.2 Å². The molecular weight excluding hydrogens is 730 g/mol. The number of phenols is 3. The van der Waals surface area contributed by atoms with Crippen LogP contribution in [0.3, 0.4) is 0 Å². The molecule has 0 saturated heterocycles. The highest BCUT2D eigenvalue weighted by Crippen LogP contribution is 2.55. The lowest BCUT2D eigenvalue weighted by Gasteiger charge is -2.38. The van der Waals surface area contributed by atoms with Gasteiger partial charge in [-0.25, -0.2) is 0 Å². The molecule has 56 heavy (non-hydrogen) atoms. The summed E-state index contributed by atoms with van der Waals surface area (Å²) < 4.78 is 23.4. The number of aliphatic hydroxyl groups is 3. The molecule has 8 N–H and O–H groups in total. The number of anilines is 1. The number of aliphatic hydroxyl groups excluding tert-OH is 3. The minimum Gasteiger partial charge on any atom is -0.507 e. The minimum absolute atomic E-state index is 0.0209. The second-order valence-corrected chi connectivity index (χ2v) is 14.5. The number of allylic oxidation sites excluding steroid dienone is 2. The number of amides is 1. The first-order valence-corrected chi connectivity index (χ1v) is 18.3. The van der Waals surface area contributed by atoms with E-state index in [-0.39, 0.29) is 57.6 Å². The van der Waals surface area contributed by atoms with Crippen LogP contribution in [0, 0.1) is 30.6 Å². The Labute approximate surface area is 325 Å². The lowest BCUT2D eigenvalue weighted by molar-refractivity contribution is -0.160. The number of nitrogens with one attached hydrogen (secondary N) is 2. The van der Waals surface area contributed by atoms with Crippen LogP contribution in [0.15, 0.2) is 41.2 Å². The SMILES string of the molecule is CO[C@H]1/C=C/O[C@@]2(C)Oc3c(C)c(O)c4c(O)c(c(/C=N\NCCO)c(O)c4c3C2=O)NC(=O)/C(C)=C\C=C\[C@H](C)[C@H](O)[C@@H](C)[C@@H](O)[C@@H](C)[C@H](OC(C)=O)[C@@H]1C. The van der Waals surface area contributed by atoms with E-state index in [1.54, 1.807) is 39.8 Å². The van der Waals surface area contributed by atoms with Crippen LogP contribution >= 0.6 is 0 Å². The van der Waals surface area contributed by atoms with Crippen molar-refractivity contribution < 1.29 is 64.0 Å². The first kappa shape index (κ1) is 43.6. The Bertz CT molecular complexity index is 1960. The second-order valence-electron chi connectivity index (χ2n) is 14.5. The smallest absolute Gasteiger partial charge is 0.312 e. The van der Waals surface area contributed by atoms with Gasteiger partial charge in [0.15, 0.2) is 5.75 Å². The average Bonchev–Trinajstić information content (AvgIpc) is 3.42. The Morgan fingerprint density at radius 3 is 2.30 bits per heavy atom. The quantitative estimate of drug-likeness (QED) is 0.0521. The van der Waals surface area contributed by atoms with Crippen LogP contribution < -0.4 is 15.5 Å². The number of carbonyl (C=O) groups excluding carboxylic acids is 3. The van der Waals surface area contributed by atoms with Gasteiger partial charge in [-0.2, -0.15) is 5.10 Å². The zero-order chi connectivity index (χ0) is 41.8. The molecule has 0 fully saturated rings. The summed E-state index contributed by atoms with van der Waals surface area (Å²) in [6.07, 6.45) is 4.42. The summed E-state index contributed by atoms with van der Waals surface area (Å²) in [6.45, 7) is 12.1. The van der Waals surface area contributed by atoms with E-state index in [0.29, 0.717) is 0 Å². The number of hydrazone groups is 1. The van der Waals surface area contributed by atoms with Crippen LogP contribution in [0.25, 0.3) is 10.8 Å². The highest BCUT2D eigenvalue weighted by Gasteiger charge is 2.50. The van der Waals surface area contributed by atoms with Crippen molar-refractivity contribution in [1.29, 1.82) is 0 Å². The molecule has 5 rings (SSSR count). The van der Waals surface area contributed by atoms with Crippen LogP contribution in [0.5, 0.6) is 23.0 Å². The number of carbonyl (C=O) groups is 3. The van der Waals surface area contributed by atoms with Gasteiger partial charge in [0.25, 0.3) is 11.7 Å². The van der Waals surface area contributed by atoms with Crippen molar-refractivity contribution in [2.45, 2.75) is 85.6 Å². The largest absolute Gasteiger partial charge is 0.507 e. The summed E-state index contributed by atoms with van der Waals surface area (Å²) in [6, 6.07) is 0. The fourth-order valence-corrected chi connectivity index (χ4v) is 7.10. The van der Waals surface area contributed by atoms with Crippen molar-refractivity contribution in [3.8, 4) is 23.0 Å². The highest BCUT2D eigenvalue weighted by atomic mass is 16.7. The predicted octanol–water partition coefficient (Wildman–Crippen LogP) is 3.67. The summed E-state index contributed by atoms with van der Waals surface area (Å²) in [5, 5.41) is 72.8. The van der Waals surface area contributed by atoms with E-state index in [0.717, 1.165) is 6.21 Å². The number of ether oxygens (including phenoxy) is 4. The third-order valence-electron chi connectivity index (χ3n) is 10.5. The van der Waals surface area contributed by atoms with Crippen LogP contribution in [0.2, 0.25) is 0 Å². The fourth-order valence-electron chi connectivity index (χ4n) is 7.10. The van der Waals surface area contributed by atoms with Crippen molar-refractivity contribution in [2.75, 3.05) is 25.6 Å². The van der Waals surface area contributed by atoms with Gasteiger partial charge in [-0.1, -0.05) is 45.9 Å². The van der Waals surface area contributed by atoms with Gasteiger partial charge in [0.2, 0.25) is 0 Å². The van der Waals surface area contributed by atoms with Crippen LogP contribution in [0.1, 0.15) is 70.0 Å². The molecule has 3 aliphatic rings. The van der Waals surface area contributed by atoms with Gasteiger partial charge < -0.3 is 60.3 Å². The van der Waals surface area contributed by atoms with Gasteiger partial charge in [-0.3, -0.25) is 14.4 Å². The van der Waals surface area contributed by atoms with E-state index in [2.05, 4.69) is 15.8 Å². The molecule has 0 radical (unpaired) electrons. The molecule has 3 heterocycles. The zero-order valence-corrected chi connectivity index (χ0v) is 33.0. The molecule has 0 unspecified atom stereocenters. The van der Waals surface area contributed by atoms with Gasteiger partial charge in [-0.15, -0.1) is 0 Å². The fraction of sp³-hybridized carbons (Fsp3) is 0.500. The number of hydrogen-bond acceptors (Lipinski definition) is 15. The van der Waals surface area contributed by atoms with Crippen molar-refractivity contribution in [1.82, 2.24) is 5.43 Å². The molecule has 16 heteroatoms. The number of esters is 1. The number of ketones is 1. The number of phenolic OH excluding ortho intramolecular Hbond substituents is 3. The molecule has 3 aliphatic heterocycles. The number of hydrogen-bond donors (Lipinski definition) is 8. The predicted molar refractivity (Wildman–Crippen MR) is 206 cm³/mol. The maximum atomic E-state index is 14.3. The van der Waals surface area contributed by atoms with Crippen LogP contribution in [-0.2, 0) is 23.8 Å². The van der Waals surface area contributed by atoms with E-state index in [9.17, 15) is 45.0 Å². The number of rotatable bonds is 6. The Kier molecular flexibility index (Phi) is 13.8. The first-order chi connectivity index (χ1) is 26.3. The number of benzene rings is 2. The van der Waals surface area contributed by atoms with E-state index in [4.69, 9.17) is 18.9 Å². The molecule has 5 bridgehead atoms. The summed E-state index contributed by atoms with van der Waals surface area (Å²) in [5.74, 6) is -8.76. The zero-order valence-electron chi connectivity index (χ0n) is 33.0. The van der Waals surface area contributed by atoms with Gasteiger partial charge in [0.1, 0.15) is 23.4 Å². The van der Waals surface area contributed by atoms with E-state index >= 15 is 0 Å². The molecule has 2 aromatic rings. The summed E-state index contributed by atoms with van der Waals surface area (Å²) in [7, 11) is 1.42. The molecule has 9 atom stereocenters. The monoisotopic (exact) mass is 783 g/mol. The maximum absolute atomic E-state index is 14.3. The number of fused-ring (bicyclic) bond motifs is 14. The van der Waals surface area contributed by atoms with Crippen LogP contribution in [0.4, 0.5) is 5.69 Å². The molecule has 0 aliphatic carbocycles. The van der Waals surface area contributed by atoms with E-state index < -0.39 is 88.8 Å². The van der Waals surface area contributed by atoms with Gasteiger partial charge in [0, 0.05) is 61.2 Å². The average molecular weight is 784 g/mol. The summed E-state index contributed by atoms with van der Waals surface area (Å²) in [5.41, 5.74) is 1.87. The van der Waals surface area contributed by atoms with Crippen LogP contribution in [-0.4, -0.2) is 105 Å². The normalized spacial score (nSPS) is 31.0. The van der Waals surface area contributed by atoms with Gasteiger partial charge in [-0.05, 0) is 19.9 Å². The molecule has 0 spiro atoms. The lowest BCUT2D eigenvalue weighted by Crippen LogP contribution is -2.46. The third kappa shape index (κ3) is 8.48. The van der Waals surface area contributed by atoms with Crippen molar-refractivity contribution in [3.63, 3.8) is 0 Å². The van der Waals surface area contributed by atoms with Crippen molar-refractivity contribution in [3.05, 3.63) is 52.8 Å². The lowest BCUT2D eigenvalue weighted by atomic mass is 9.78. The first-order valence-electron chi connectivity index (χ1n) is 18.3. The Hall–Kier alpha value is -5.16. The number of methoxy groups -OCH3 is 1. The number of aromatic hydroxyl groups is 3. The maximum Gasteiger partial charge on any atom is 0.312 e. The minimum atomic E-state index is -2.07. The Morgan fingerprint density at radius 2 is 1.68 bits per heavy atom. The second kappa shape index (κ2) is 17.7. The molecule has 2 aromatic carbocycles. The molecule has 16 nitrogen and oxygen atoms in total. The topological polar surface area (TPSA) is 246 Å². The van der Waals surface area contributed by atoms with Gasteiger partial charge >= 0.3 is 11.8 Å². The van der Waals surface area contributed by atoms with Crippen molar-refractivity contribution >= 4 is 40.3 Å². The number of Topliss-reactive ketones (excluding diaryl/α,β-unsaturated/α-hetero) is 1. The third-order valence-corrected chi connectivity index (χ3v) is 10.5. The highest BCUT2D eigenvalue weighted by molar-refractivity contribution is 6.23. The summed E-state index contributed by atoms with van der Waals surface area (Å²) in [4.78, 5) is 40.1. The molecule has 306 valence electrons. The number of nitrogens with zero attached hydrogens (tertiary/aromatic N) is 1. The van der Waals surface area contributed by atoms with Crippen molar-refractivity contribution in [2.24, 2.45) is 28.8 Å². The van der Waals surface area contributed by atoms with E-state index in [1.807, 2.05) is 0 Å². The standard InChI is InChI=1S/C40H53N3O13/c1-18-11-10-12-19(2)39(52)43-30-25(17-42-41-14-15-44)34(49)27-28(35(30)50)33(48)23(6)37-29(27)38(51)40(8,56-37)54-16-13-26(53-9)20(3)36(55-24(7)45)22(5)32(47)21(4)31(18)46/h10-13,16-18,20-22,26,31-32,36,41,44,46-50H,14-15H2,1-9H3,(H,43,52)/b11-10+,16-13+,19-12-,42-17-/t18-,20+,21+,22+,26-,31-,32+,36+,40-/m0/s1. The van der Waals surface area contributed by atoms with Gasteiger partial charge in [0.05, 0.1) is 66.1 Å². The molecule has 1 amide bonds. The Morgan fingerprint density at radius 1 is 1.00 bits per heavy atom. The Balaban J connectivity index is 1.97. The summed E-state index contributed by atoms with van der Waals surface area (Å²) >= 11 is 0.